The fourth-order valence-electron chi connectivity index (χ4n) is 3.65. The van der Waals surface area contributed by atoms with E-state index in [0.29, 0.717) is 38.2 Å². The molecule has 10 heteroatoms. The van der Waals surface area contributed by atoms with Crippen molar-refractivity contribution in [2.45, 2.75) is 65.1 Å². The summed E-state index contributed by atoms with van der Waals surface area (Å²) in [5.41, 5.74) is 2.35. The van der Waals surface area contributed by atoms with Gasteiger partial charge in [0.05, 0.1) is 17.3 Å². The van der Waals surface area contributed by atoms with E-state index in [-0.39, 0.29) is 23.3 Å². The molecule has 1 aliphatic heterocycles. The lowest BCUT2D eigenvalue weighted by Crippen LogP contribution is -2.45. The summed E-state index contributed by atoms with van der Waals surface area (Å²) in [5, 5.41) is 11.6. The minimum atomic E-state index is -3.67. The number of hydrogen-bond acceptors (Lipinski definition) is 5. The van der Waals surface area contributed by atoms with Crippen molar-refractivity contribution >= 4 is 15.9 Å². The number of rotatable bonds is 7. The largest absolute Gasteiger partial charge is 0.352 e. The van der Waals surface area contributed by atoms with Crippen LogP contribution in [0.25, 0.3) is 0 Å². The summed E-state index contributed by atoms with van der Waals surface area (Å²) in [6.45, 7) is 9.94. The Balaban J connectivity index is 1.67. The topological polar surface area (TPSA) is 102 Å². The minimum absolute atomic E-state index is 0.116. The van der Waals surface area contributed by atoms with Gasteiger partial charge in [0.15, 0.2) is 0 Å². The van der Waals surface area contributed by atoms with Gasteiger partial charge >= 0.3 is 0 Å². The fraction of sp³-hybridized carbons (Fsp3) is 0.632. The molecule has 9 nitrogen and oxygen atoms in total. The zero-order valence-electron chi connectivity index (χ0n) is 17.6. The number of nitrogens with zero attached hydrogens (tertiary/aromatic N) is 5. The number of aryl methyl sites for hydroxylation is 4. The molecule has 29 heavy (non-hydrogen) atoms. The Kier molecular flexibility index (Phi) is 6.42. The first-order chi connectivity index (χ1) is 13.8. The molecular weight excluding hydrogens is 392 g/mol. The Morgan fingerprint density at radius 3 is 2.41 bits per heavy atom. The van der Waals surface area contributed by atoms with Gasteiger partial charge in [0.2, 0.25) is 15.9 Å². The van der Waals surface area contributed by atoms with E-state index in [1.54, 1.807) is 17.8 Å². The van der Waals surface area contributed by atoms with Gasteiger partial charge in [-0.15, -0.1) is 0 Å². The van der Waals surface area contributed by atoms with Crippen molar-refractivity contribution in [3.8, 4) is 0 Å². The van der Waals surface area contributed by atoms with Crippen LogP contribution in [0.5, 0.6) is 0 Å². The Hall–Kier alpha value is -2.20. The van der Waals surface area contributed by atoms with Crippen LogP contribution in [0.15, 0.2) is 17.3 Å². The van der Waals surface area contributed by atoms with E-state index in [1.165, 1.54) is 4.31 Å². The molecule has 2 aromatic heterocycles. The third-order valence-corrected chi connectivity index (χ3v) is 7.39. The summed E-state index contributed by atoms with van der Waals surface area (Å²) in [4.78, 5) is 12.9. The number of sulfonamides is 1. The number of hydrogen-bond donors (Lipinski definition) is 1. The molecule has 0 aliphatic carbocycles. The molecule has 1 amide bonds. The monoisotopic (exact) mass is 422 g/mol. The number of carbonyl (C=O) groups is 1. The number of aromatic nitrogens is 4. The van der Waals surface area contributed by atoms with Crippen molar-refractivity contribution in [1.82, 2.24) is 29.2 Å². The van der Waals surface area contributed by atoms with Gasteiger partial charge in [-0.3, -0.25) is 14.2 Å². The number of carbonyl (C=O) groups excluding carboxylic acids is 1. The molecule has 0 aromatic carbocycles. The van der Waals surface area contributed by atoms with Crippen LogP contribution in [-0.4, -0.2) is 51.3 Å². The van der Waals surface area contributed by atoms with Crippen molar-refractivity contribution in [1.29, 1.82) is 0 Å². The zero-order valence-corrected chi connectivity index (χ0v) is 18.4. The smallest absolute Gasteiger partial charge is 0.246 e. The van der Waals surface area contributed by atoms with Crippen molar-refractivity contribution in [3.05, 3.63) is 29.3 Å². The van der Waals surface area contributed by atoms with Crippen LogP contribution in [0.4, 0.5) is 0 Å². The SMILES string of the molecule is CCn1cc(CNC(=O)[C@H]2CCCN(S(=O)(=O)c3cn(CC)nc3C)C2)c(C)n1. The molecular formula is C19H30N6O3S. The van der Waals surface area contributed by atoms with Gasteiger partial charge in [-0.25, -0.2) is 8.42 Å². The predicted octanol–water partition coefficient (Wildman–Crippen LogP) is 1.45. The molecule has 3 heterocycles. The van der Waals surface area contributed by atoms with E-state index in [0.717, 1.165) is 17.8 Å². The maximum Gasteiger partial charge on any atom is 0.246 e. The van der Waals surface area contributed by atoms with Crippen LogP contribution in [0.3, 0.4) is 0 Å². The quantitative estimate of drug-likeness (QED) is 0.728. The van der Waals surface area contributed by atoms with Gasteiger partial charge in [0.25, 0.3) is 0 Å². The van der Waals surface area contributed by atoms with Crippen LogP contribution >= 0.6 is 0 Å². The molecule has 160 valence electrons. The lowest BCUT2D eigenvalue weighted by atomic mass is 9.99. The van der Waals surface area contributed by atoms with Gasteiger partial charge in [-0.05, 0) is 40.5 Å². The molecule has 1 fully saturated rings. The van der Waals surface area contributed by atoms with Gasteiger partial charge in [0, 0.05) is 50.7 Å². The van der Waals surface area contributed by atoms with E-state index in [1.807, 2.05) is 31.6 Å². The number of piperidine rings is 1. The highest BCUT2D eigenvalue weighted by Crippen LogP contribution is 2.25. The van der Waals surface area contributed by atoms with E-state index in [2.05, 4.69) is 15.5 Å². The third kappa shape index (κ3) is 4.53. The summed E-state index contributed by atoms with van der Waals surface area (Å²) in [7, 11) is -3.67. The first kappa shape index (κ1) is 21.5. The van der Waals surface area contributed by atoms with Crippen molar-refractivity contribution in [2.24, 2.45) is 5.92 Å². The van der Waals surface area contributed by atoms with Crippen molar-refractivity contribution in [3.63, 3.8) is 0 Å². The first-order valence-electron chi connectivity index (χ1n) is 10.1. The van der Waals surface area contributed by atoms with Crippen molar-refractivity contribution < 1.29 is 13.2 Å². The standard InChI is InChI=1S/C19H30N6O3S/c1-5-23-11-17(14(3)21-23)10-20-19(26)16-8-7-9-25(12-16)29(27,28)18-13-24(6-2)22-15(18)4/h11,13,16H,5-10,12H2,1-4H3,(H,20,26)/t16-/m0/s1. The molecule has 0 unspecified atom stereocenters. The lowest BCUT2D eigenvalue weighted by Gasteiger charge is -2.31. The highest BCUT2D eigenvalue weighted by atomic mass is 32.2. The third-order valence-electron chi connectivity index (χ3n) is 5.42. The van der Waals surface area contributed by atoms with Gasteiger partial charge in [-0.1, -0.05) is 0 Å². The second-order valence-corrected chi connectivity index (χ2v) is 9.36. The molecule has 3 rings (SSSR count). The fourth-order valence-corrected chi connectivity index (χ4v) is 5.34. The Labute approximate surface area is 172 Å². The van der Waals surface area contributed by atoms with E-state index < -0.39 is 10.0 Å². The molecule has 0 bridgehead atoms. The van der Waals surface area contributed by atoms with Gasteiger partial charge in [0.1, 0.15) is 4.90 Å². The normalized spacial score (nSPS) is 18.1. The molecule has 0 spiro atoms. The lowest BCUT2D eigenvalue weighted by molar-refractivity contribution is -0.126. The van der Waals surface area contributed by atoms with E-state index in [4.69, 9.17) is 0 Å². The maximum absolute atomic E-state index is 13.1. The molecule has 0 radical (unpaired) electrons. The average Bonchev–Trinajstić information content (AvgIpc) is 3.28. The van der Waals surface area contributed by atoms with Crippen LogP contribution in [0, 0.1) is 19.8 Å². The first-order valence-corrected chi connectivity index (χ1v) is 11.5. The summed E-state index contributed by atoms with van der Waals surface area (Å²) in [6.07, 6.45) is 4.84. The van der Waals surface area contributed by atoms with E-state index in [9.17, 15) is 13.2 Å². The minimum Gasteiger partial charge on any atom is -0.352 e. The van der Waals surface area contributed by atoms with Crippen molar-refractivity contribution in [2.75, 3.05) is 13.1 Å². The molecule has 0 saturated carbocycles. The van der Waals surface area contributed by atoms with E-state index >= 15 is 0 Å². The Morgan fingerprint density at radius 2 is 1.79 bits per heavy atom. The molecule has 1 atom stereocenters. The average molecular weight is 423 g/mol. The predicted molar refractivity (Wildman–Crippen MR) is 109 cm³/mol. The zero-order chi connectivity index (χ0) is 21.2. The highest BCUT2D eigenvalue weighted by Gasteiger charge is 2.35. The number of amides is 1. The van der Waals surface area contributed by atoms with Crippen LogP contribution < -0.4 is 5.32 Å². The van der Waals surface area contributed by atoms with Crippen LogP contribution in [-0.2, 0) is 34.5 Å². The maximum atomic E-state index is 13.1. The molecule has 1 aliphatic rings. The Bertz CT molecular complexity index is 978. The van der Waals surface area contributed by atoms with Crippen LogP contribution in [0.2, 0.25) is 0 Å². The van der Waals surface area contributed by atoms with Crippen LogP contribution in [0.1, 0.15) is 43.6 Å². The summed E-state index contributed by atoms with van der Waals surface area (Å²) in [5.74, 6) is -0.476. The molecule has 1 saturated heterocycles. The Morgan fingerprint density at radius 1 is 1.14 bits per heavy atom. The summed E-state index contributed by atoms with van der Waals surface area (Å²) >= 11 is 0. The number of nitrogens with one attached hydrogen (secondary N) is 1. The summed E-state index contributed by atoms with van der Waals surface area (Å²) in [6, 6.07) is 0. The summed E-state index contributed by atoms with van der Waals surface area (Å²) < 4.78 is 31.1. The molecule has 2 aromatic rings. The second-order valence-electron chi connectivity index (χ2n) is 7.45. The van der Waals surface area contributed by atoms with Gasteiger partial charge < -0.3 is 5.32 Å². The van der Waals surface area contributed by atoms with Gasteiger partial charge in [-0.2, -0.15) is 14.5 Å². The highest BCUT2D eigenvalue weighted by molar-refractivity contribution is 7.89. The second kappa shape index (κ2) is 8.66. The molecule has 1 N–H and O–H groups in total.